The number of carbonyl (C=O) groups is 1. The number of benzene rings is 1. The number of aromatic amines is 1. The fourth-order valence-corrected chi connectivity index (χ4v) is 3.52. The number of nitrogens with one attached hydrogen (secondary N) is 1. The lowest BCUT2D eigenvalue weighted by molar-refractivity contribution is -0.117. The first-order valence-electron chi connectivity index (χ1n) is 6.60. The van der Waals surface area contributed by atoms with Crippen LogP contribution in [0.4, 0.5) is 0 Å². The van der Waals surface area contributed by atoms with Gasteiger partial charge in [-0.05, 0) is 29.9 Å². The lowest BCUT2D eigenvalue weighted by Crippen LogP contribution is -1.97. The number of allylic oxidation sites excluding steroid dienone is 2. The van der Waals surface area contributed by atoms with Gasteiger partial charge in [0.1, 0.15) is 5.78 Å². The van der Waals surface area contributed by atoms with Crippen molar-refractivity contribution in [1.82, 2.24) is 4.98 Å². The van der Waals surface area contributed by atoms with Gasteiger partial charge in [-0.15, -0.1) is 0 Å². The number of rotatable bonds is 1. The van der Waals surface area contributed by atoms with E-state index in [1.54, 1.807) is 0 Å². The molecule has 2 atom stereocenters. The molecular weight excluding hydrogens is 222 g/mol. The molecule has 0 radical (unpaired) electrons. The highest BCUT2D eigenvalue weighted by Crippen LogP contribution is 2.45. The summed E-state index contributed by atoms with van der Waals surface area (Å²) in [5.41, 5.74) is 3.95. The number of H-pyrrole nitrogens is 1. The van der Waals surface area contributed by atoms with E-state index in [0.29, 0.717) is 17.6 Å². The van der Waals surface area contributed by atoms with Crippen molar-refractivity contribution in [2.75, 3.05) is 0 Å². The van der Waals surface area contributed by atoms with Crippen molar-refractivity contribution in [1.29, 1.82) is 0 Å². The zero-order valence-corrected chi connectivity index (χ0v) is 10.1. The number of ketones is 1. The largest absolute Gasteiger partial charge is 0.361 e. The van der Waals surface area contributed by atoms with Gasteiger partial charge in [-0.2, -0.15) is 0 Å². The smallest absolute Gasteiger partial charge is 0.133 e. The number of carbonyl (C=O) groups excluding carboxylic acids is 1. The molecule has 4 rings (SSSR count). The summed E-state index contributed by atoms with van der Waals surface area (Å²) in [7, 11) is 0. The average molecular weight is 237 g/mol. The van der Waals surface area contributed by atoms with Crippen molar-refractivity contribution in [2.24, 2.45) is 11.8 Å². The van der Waals surface area contributed by atoms with Crippen LogP contribution in [0, 0.1) is 11.8 Å². The molecule has 1 fully saturated rings. The Hall–Kier alpha value is -1.83. The van der Waals surface area contributed by atoms with E-state index in [4.69, 9.17) is 0 Å². The van der Waals surface area contributed by atoms with Gasteiger partial charge in [-0.1, -0.05) is 24.3 Å². The summed E-state index contributed by atoms with van der Waals surface area (Å²) in [6.07, 6.45) is 7.06. The van der Waals surface area contributed by atoms with Crippen LogP contribution in [-0.4, -0.2) is 10.8 Å². The van der Waals surface area contributed by atoms with E-state index in [1.165, 1.54) is 22.0 Å². The van der Waals surface area contributed by atoms with Gasteiger partial charge in [-0.25, -0.2) is 0 Å². The lowest BCUT2D eigenvalue weighted by Gasteiger charge is -2.05. The Morgan fingerprint density at radius 2 is 2.00 bits per heavy atom. The average Bonchev–Trinajstić information content (AvgIpc) is 2.99. The second-order valence-corrected chi connectivity index (χ2v) is 5.51. The summed E-state index contributed by atoms with van der Waals surface area (Å²) >= 11 is 0. The van der Waals surface area contributed by atoms with E-state index in [-0.39, 0.29) is 0 Å². The third kappa shape index (κ3) is 1.38. The minimum absolute atomic E-state index is 0.444. The lowest BCUT2D eigenvalue weighted by atomic mass is 9.98. The van der Waals surface area contributed by atoms with E-state index >= 15 is 0 Å². The van der Waals surface area contributed by atoms with Crippen LogP contribution in [-0.2, 0) is 4.79 Å². The normalized spacial score (nSPS) is 26.7. The van der Waals surface area contributed by atoms with Gasteiger partial charge in [-0.3, -0.25) is 4.79 Å². The molecule has 2 aliphatic carbocycles. The molecule has 1 aromatic heterocycles. The van der Waals surface area contributed by atoms with Crippen LogP contribution in [0.15, 0.2) is 36.5 Å². The summed E-state index contributed by atoms with van der Waals surface area (Å²) < 4.78 is 0. The SMILES string of the molecule is O=C1C[C@@H]2CC(c3c[nH]c4ccccc34)=C[C@@H]2C1. The summed E-state index contributed by atoms with van der Waals surface area (Å²) in [6, 6.07) is 8.42. The molecule has 2 aromatic rings. The fourth-order valence-electron chi connectivity index (χ4n) is 3.52. The van der Waals surface area contributed by atoms with Crippen molar-refractivity contribution in [3.8, 4) is 0 Å². The number of aromatic nitrogens is 1. The first kappa shape index (κ1) is 10.1. The van der Waals surface area contributed by atoms with Gasteiger partial charge in [0, 0.05) is 35.5 Å². The topological polar surface area (TPSA) is 32.9 Å². The Morgan fingerprint density at radius 1 is 1.11 bits per heavy atom. The molecule has 1 heterocycles. The van der Waals surface area contributed by atoms with Crippen molar-refractivity contribution >= 4 is 22.3 Å². The van der Waals surface area contributed by atoms with Crippen LogP contribution in [0.2, 0.25) is 0 Å². The summed E-state index contributed by atoms with van der Waals surface area (Å²) in [5.74, 6) is 1.52. The van der Waals surface area contributed by atoms with Crippen molar-refractivity contribution < 1.29 is 4.79 Å². The highest BCUT2D eigenvalue weighted by Gasteiger charge is 2.36. The third-order valence-electron chi connectivity index (χ3n) is 4.39. The zero-order chi connectivity index (χ0) is 12.1. The van der Waals surface area contributed by atoms with Gasteiger partial charge in [0.05, 0.1) is 0 Å². The molecule has 0 saturated heterocycles. The minimum Gasteiger partial charge on any atom is -0.361 e. The van der Waals surface area contributed by atoms with E-state index in [1.807, 2.05) is 0 Å². The van der Waals surface area contributed by atoms with E-state index in [9.17, 15) is 4.79 Å². The molecule has 2 aliphatic rings. The molecule has 0 amide bonds. The molecule has 0 aliphatic heterocycles. The molecular formula is C16H15NO. The summed E-state index contributed by atoms with van der Waals surface area (Å²) in [4.78, 5) is 14.8. The highest BCUT2D eigenvalue weighted by molar-refractivity contribution is 5.94. The zero-order valence-electron chi connectivity index (χ0n) is 10.1. The first-order chi connectivity index (χ1) is 8.81. The molecule has 2 nitrogen and oxygen atoms in total. The molecule has 18 heavy (non-hydrogen) atoms. The second-order valence-electron chi connectivity index (χ2n) is 5.51. The molecule has 0 spiro atoms. The Kier molecular flexibility index (Phi) is 2.01. The van der Waals surface area contributed by atoms with E-state index < -0.39 is 0 Å². The Bertz CT molecular complexity index is 665. The van der Waals surface area contributed by atoms with Gasteiger partial charge < -0.3 is 4.98 Å². The highest BCUT2D eigenvalue weighted by atomic mass is 16.1. The quantitative estimate of drug-likeness (QED) is 0.808. The predicted octanol–water partition coefficient (Wildman–Crippen LogP) is 3.55. The number of fused-ring (bicyclic) bond motifs is 2. The van der Waals surface area contributed by atoms with Crippen molar-refractivity contribution in [2.45, 2.75) is 19.3 Å². The van der Waals surface area contributed by atoms with Crippen LogP contribution in [0.5, 0.6) is 0 Å². The van der Waals surface area contributed by atoms with Crippen LogP contribution in [0.1, 0.15) is 24.8 Å². The van der Waals surface area contributed by atoms with Crippen molar-refractivity contribution in [3.05, 3.63) is 42.1 Å². The van der Waals surface area contributed by atoms with Crippen molar-refractivity contribution in [3.63, 3.8) is 0 Å². The maximum atomic E-state index is 11.4. The van der Waals surface area contributed by atoms with E-state index in [2.05, 4.69) is 41.5 Å². The van der Waals surface area contributed by atoms with Gasteiger partial charge in [0.15, 0.2) is 0 Å². The maximum absolute atomic E-state index is 11.4. The molecule has 1 saturated carbocycles. The van der Waals surface area contributed by atoms with Gasteiger partial charge in [0.2, 0.25) is 0 Å². The Balaban J connectivity index is 1.77. The molecule has 0 bridgehead atoms. The van der Waals surface area contributed by atoms with E-state index in [0.717, 1.165) is 19.3 Å². The minimum atomic E-state index is 0.444. The Labute approximate surface area is 106 Å². The molecule has 0 unspecified atom stereocenters. The number of para-hydroxylation sites is 1. The maximum Gasteiger partial charge on any atom is 0.133 e. The van der Waals surface area contributed by atoms with Gasteiger partial charge >= 0.3 is 0 Å². The van der Waals surface area contributed by atoms with Crippen LogP contribution in [0.25, 0.3) is 16.5 Å². The standard InChI is InChI=1S/C16H15NO/c18-13-7-10-5-12(6-11(10)8-13)15-9-17-16-4-2-1-3-14(15)16/h1-5,9-11,17H,6-8H2/t10-,11+/m1/s1. The first-order valence-corrected chi connectivity index (χ1v) is 6.60. The third-order valence-corrected chi connectivity index (χ3v) is 4.39. The van der Waals surface area contributed by atoms with Gasteiger partial charge in [0.25, 0.3) is 0 Å². The second kappa shape index (κ2) is 3.58. The molecule has 1 N–H and O–H groups in total. The number of hydrogen-bond acceptors (Lipinski definition) is 1. The molecule has 1 aromatic carbocycles. The predicted molar refractivity (Wildman–Crippen MR) is 72.1 cm³/mol. The monoisotopic (exact) mass is 237 g/mol. The molecule has 90 valence electrons. The van der Waals surface area contributed by atoms with Crippen LogP contribution < -0.4 is 0 Å². The fraction of sp³-hybridized carbons (Fsp3) is 0.312. The number of hydrogen-bond donors (Lipinski definition) is 1. The van der Waals surface area contributed by atoms with Crippen LogP contribution in [0.3, 0.4) is 0 Å². The number of Topliss-reactive ketones (excluding diaryl/α,β-unsaturated/α-hetero) is 1. The Morgan fingerprint density at radius 3 is 2.89 bits per heavy atom. The van der Waals surface area contributed by atoms with Crippen LogP contribution >= 0.6 is 0 Å². The summed E-state index contributed by atoms with van der Waals surface area (Å²) in [5, 5.41) is 1.30. The molecule has 2 heteroatoms. The summed E-state index contributed by atoms with van der Waals surface area (Å²) in [6.45, 7) is 0.